The number of aryl methyl sites for hydroxylation is 1. The molecule has 3 atom stereocenters. The van der Waals surface area contributed by atoms with Gasteiger partial charge in [-0.25, -0.2) is 9.18 Å². The summed E-state index contributed by atoms with van der Waals surface area (Å²) in [4.78, 5) is 24.8. The minimum atomic E-state index is -1.32. The van der Waals surface area contributed by atoms with Crippen molar-refractivity contribution < 1.29 is 19.3 Å². The smallest absolute Gasteiger partial charge is 0.330 e. The van der Waals surface area contributed by atoms with E-state index in [2.05, 4.69) is 0 Å². The van der Waals surface area contributed by atoms with Crippen molar-refractivity contribution in [3.63, 3.8) is 0 Å². The zero-order valence-corrected chi connectivity index (χ0v) is 10.7. The lowest BCUT2D eigenvalue weighted by Crippen LogP contribution is -2.39. The zero-order chi connectivity index (χ0) is 14.6. The average Bonchev–Trinajstić information content (AvgIpc) is 2.35. The van der Waals surface area contributed by atoms with E-state index in [9.17, 15) is 19.1 Å². The standard InChI is InChI=1S/C11H17FN2O5/c1-6-4-14(11(18)13-10(6)17)9(3-12)19-8(5-15)7(2)16/h4,7-9,15-16H,3,5H2,1-2H3,(H,13,17,18)/t7-,8?,9?/m0/s1. The van der Waals surface area contributed by atoms with Crippen LogP contribution in [0.25, 0.3) is 0 Å². The number of nitrogens with one attached hydrogen (secondary N) is 1. The Morgan fingerprint density at radius 1 is 1.53 bits per heavy atom. The number of rotatable bonds is 6. The van der Waals surface area contributed by atoms with Gasteiger partial charge in [0.15, 0.2) is 6.23 Å². The second-order valence-corrected chi connectivity index (χ2v) is 4.19. The third-order valence-electron chi connectivity index (χ3n) is 2.64. The highest BCUT2D eigenvalue weighted by atomic mass is 19.1. The molecule has 1 heterocycles. The first kappa shape index (κ1) is 15.5. The monoisotopic (exact) mass is 276 g/mol. The van der Waals surface area contributed by atoms with E-state index in [-0.39, 0.29) is 5.56 Å². The fourth-order valence-corrected chi connectivity index (χ4v) is 1.49. The summed E-state index contributed by atoms with van der Waals surface area (Å²) in [6.45, 7) is 1.26. The van der Waals surface area contributed by atoms with Gasteiger partial charge in [0.1, 0.15) is 12.8 Å². The summed E-state index contributed by atoms with van der Waals surface area (Å²) < 4.78 is 19.0. The van der Waals surface area contributed by atoms with Gasteiger partial charge in [0, 0.05) is 11.8 Å². The summed E-state index contributed by atoms with van der Waals surface area (Å²) in [5.74, 6) is 0. The summed E-state index contributed by atoms with van der Waals surface area (Å²) in [7, 11) is 0. The molecule has 1 aromatic heterocycles. The fraction of sp³-hybridized carbons (Fsp3) is 0.636. The number of alkyl halides is 1. The molecule has 7 nitrogen and oxygen atoms in total. The molecule has 1 rings (SSSR count). The highest BCUT2D eigenvalue weighted by Crippen LogP contribution is 2.12. The van der Waals surface area contributed by atoms with Gasteiger partial charge in [0.25, 0.3) is 5.56 Å². The van der Waals surface area contributed by atoms with Crippen molar-refractivity contribution >= 4 is 0 Å². The van der Waals surface area contributed by atoms with Crippen LogP contribution >= 0.6 is 0 Å². The Bertz CT molecular complexity index is 525. The van der Waals surface area contributed by atoms with Gasteiger partial charge >= 0.3 is 5.69 Å². The van der Waals surface area contributed by atoms with E-state index < -0.39 is 43.0 Å². The molecule has 8 heteroatoms. The Labute approximate surface area is 108 Å². The van der Waals surface area contributed by atoms with Crippen molar-refractivity contribution in [2.45, 2.75) is 32.3 Å². The molecule has 0 aromatic carbocycles. The number of aromatic amines is 1. The topological polar surface area (TPSA) is 105 Å². The van der Waals surface area contributed by atoms with Crippen molar-refractivity contribution in [2.24, 2.45) is 0 Å². The van der Waals surface area contributed by atoms with Crippen molar-refractivity contribution in [1.29, 1.82) is 0 Å². The van der Waals surface area contributed by atoms with Gasteiger partial charge in [0.05, 0.1) is 12.7 Å². The second-order valence-electron chi connectivity index (χ2n) is 4.19. The average molecular weight is 276 g/mol. The molecule has 19 heavy (non-hydrogen) atoms. The first-order valence-electron chi connectivity index (χ1n) is 5.73. The molecule has 0 aliphatic carbocycles. The molecule has 2 unspecified atom stereocenters. The number of H-pyrrole nitrogens is 1. The highest BCUT2D eigenvalue weighted by Gasteiger charge is 2.22. The molecule has 0 amide bonds. The molecule has 0 saturated carbocycles. The highest BCUT2D eigenvalue weighted by molar-refractivity contribution is 5.01. The van der Waals surface area contributed by atoms with Crippen LogP contribution in [0.1, 0.15) is 18.7 Å². The summed E-state index contributed by atoms with van der Waals surface area (Å²) in [5, 5.41) is 18.3. The second kappa shape index (κ2) is 6.60. The largest absolute Gasteiger partial charge is 0.394 e. The molecule has 0 aliphatic heterocycles. The van der Waals surface area contributed by atoms with Crippen molar-refractivity contribution in [2.75, 3.05) is 13.3 Å². The van der Waals surface area contributed by atoms with Gasteiger partial charge < -0.3 is 14.9 Å². The quantitative estimate of drug-likeness (QED) is 0.623. The molecule has 108 valence electrons. The van der Waals surface area contributed by atoms with E-state index >= 15 is 0 Å². The predicted octanol–water partition coefficient (Wildman–Crippen LogP) is -0.929. The molecule has 0 aliphatic rings. The van der Waals surface area contributed by atoms with Crippen LogP contribution < -0.4 is 11.2 Å². The third-order valence-corrected chi connectivity index (χ3v) is 2.64. The molecule has 0 radical (unpaired) electrons. The van der Waals surface area contributed by atoms with Crippen LogP contribution in [-0.4, -0.2) is 45.3 Å². The van der Waals surface area contributed by atoms with Crippen molar-refractivity contribution in [3.8, 4) is 0 Å². The fourth-order valence-electron chi connectivity index (χ4n) is 1.49. The predicted molar refractivity (Wildman–Crippen MR) is 64.7 cm³/mol. The van der Waals surface area contributed by atoms with Gasteiger partial charge in [-0.1, -0.05) is 0 Å². The van der Waals surface area contributed by atoms with E-state index in [1.165, 1.54) is 20.0 Å². The number of nitrogens with zero attached hydrogens (tertiary/aromatic N) is 1. The molecule has 0 bridgehead atoms. The van der Waals surface area contributed by atoms with Gasteiger partial charge in [-0.15, -0.1) is 0 Å². The van der Waals surface area contributed by atoms with Crippen molar-refractivity contribution in [3.05, 3.63) is 32.6 Å². The van der Waals surface area contributed by atoms with Gasteiger partial charge in [-0.3, -0.25) is 14.3 Å². The summed E-state index contributed by atoms with van der Waals surface area (Å²) >= 11 is 0. The van der Waals surface area contributed by atoms with Crippen LogP contribution in [0.5, 0.6) is 0 Å². The maximum Gasteiger partial charge on any atom is 0.330 e. The van der Waals surface area contributed by atoms with Crippen molar-refractivity contribution in [1.82, 2.24) is 9.55 Å². The zero-order valence-electron chi connectivity index (χ0n) is 10.7. The lowest BCUT2D eigenvalue weighted by atomic mass is 10.2. The Morgan fingerprint density at radius 2 is 2.16 bits per heavy atom. The van der Waals surface area contributed by atoms with E-state index in [1.54, 1.807) is 0 Å². The SMILES string of the molecule is Cc1cn(C(CF)OC(CO)[C@H](C)O)c(=O)[nH]c1=O. The number of ether oxygens (including phenoxy) is 1. The first-order chi connectivity index (χ1) is 8.90. The van der Waals surface area contributed by atoms with Crippen LogP contribution in [0.3, 0.4) is 0 Å². The van der Waals surface area contributed by atoms with Crippen LogP contribution in [-0.2, 0) is 4.74 Å². The number of halogens is 1. The molecule has 3 N–H and O–H groups in total. The number of aromatic nitrogens is 2. The number of hydrogen-bond donors (Lipinski definition) is 3. The van der Waals surface area contributed by atoms with E-state index in [0.29, 0.717) is 0 Å². The summed E-state index contributed by atoms with van der Waals surface area (Å²) in [5.41, 5.74) is -1.16. The number of hydrogen-bond acceptors (Lipinski definition) is 5. The van der Waals surface area contributed by atoms with Gasteiger partial charge in [-0.2, -0.15) is 0 Å². The van der Waals surface area contributed by atoms with Gasteiger partial charge in [-0.05, 0) is 13.8 Å². The normalized spacial score (nSPS) is 16.1. The first-order valence-corrected chi connectivity index (χ1v) is 5.73. The maximum atomic E-state index is 13.0. The minimum Gasteiger partial charge on any atom is -0.394 e. The number of aliphatic hydroxyl groups is 2. The number of aliphatic hydroxyl groups excluding tert-OH is 2. The third kappa shape index (κ3) is 3.72. The Kier molecular flexibility index (Phi) is 5.40. The summed E-state index contributed by atoms with van der Waals surface area (Å²) in [6.07, 6.45) is -2.21. The molecule has 0 fully saturated rings. The van der Waals surface area contributed by atoms with Crippen LogP contribution in [0, 0.1) is 6.92 Å². The lowest BCUT2D eigenvalue weighted by molar-refractivity contribution is -0.126. The maximum absolute atomic E-state index is 13.0. The van der Waals surface area contributed by atoms with E-state index in [0.717, 1.165) is 4.57 Å². The minimum absolute atomic E-state index is 0.222. The Balaban J connectivity index is 3.07. The van der Waals surface area contributed by atoms with Crippen LogP contribution in [0.2, 0.25) is 0 Å². The molecule has 0 spiro atoms. The molecular weight excluding hydrogens is 259 g/mol. The molecule has 0 saturated heterocycles. The summed E-state index contributed by atoms with van der Waals surface area (Å²) in [6, 6.07) is 0. The van der Waals surface area contributed by atoms with Gasteiger partial charge in [0.2, 0.25) is 0 Å². The Hall–Kier alpha value is -1.51. The van der Waals surface area contributed by atoms with Crippen LogP contribution in [0.4, 0.5) is 4.39 Å². The lowest BCUT2D eigenvalue weighted by Gasteiger charge is -2.24. The Morgan fingerprint density at radius 3 is 2.63 bits per heavy atom. The molecule has 1 aromatic rings. The molecular formula is C11H17FN2O5. The van der Waals surface area contributed by atoms with E-state index in [4.69, 9.17) is 9.84 Å². The van der Waals surface area contributed by atoms with E-state index in [1.807, 2.05) is 4.98 Å². The van der Waals surface area contributed by atoms with Crippen LogP contribution in [0.15, 0.2) is 15.8 Å².